The summed E-state index contributed by atoms with van der Waals surface area (Å²) in [6, 6.07) is 14.9. The second kappa shape index (κ2) is 11.2. The predicted octanol–water partition coefficient (Wildman–Crippen LogP) is 3.65. The molecular formula is C28H31IN6O2. The maximum Gasteiger partial charge on any atom is 0.433 e. The van der Waals surface area contributed by atoms with Crippen molar-refractivity contribution in [2.45, 2.75) is 41.5 Å². The molecule has 4 aromatic rings. The number of imidazole rings is 1. The quantitative estimate of drug-likeness (QED) is 0.110. The number of aryl methyl sites for hydroxylation is 6. The van der Waals surface area contributed by atoms with Crippen LogP contribution < -0.4 is 33.6 Å². The van der Waals surface area contributed by atoms with Crippen molar-refractivity contribution in [3.63, 3.8) is 0 Å². The summed E-state index contributed by atoms with van der Waals surface area (Å²) in [5.41, 5.74) is 9.86. The Hall–Kier alpha value is -3.60. The van der Waals surface area contributed by atoms with E-state index in [1.54, 1.807) is 24.2 Å². The number of aromatic nitrogens is 2. The number of non-ortho nitro benzene ring substituents is 1. The van der Waals surface area contributed by atoms with Crippen molar-refractivity contribution in [1.82, 2.24) is 4.57 Å². The summed E-state index contributed by atoms with van der Waals surface area (Å²) in [6.07, 6.45) is 4.03. The number of hydrogen-bond donors (Lipinski definition) is 0. The van der Waals surface area contributed by atoms with Crippen molar-refractivity contribution in [2.24, 2.45) is 10.3 Å². The van der Waals surface area contributed by atoms with Gasteiger partial charge < -0.3 is 24.0 Å². The number of halogens is 1. The Morgan fingerprint density at radius 3 is 1.89 bits per heavy atom. The Kier molecular flexibility index (Phi) is 8.47. The van der Waals surface area contributed by atoms with Gasteiger partial charge in [-0.3, -0.25) is 10.1 Å². The van der Waals surface area contributed by atoms with Crippen LogP contribution in [0.25, 0.3) is 11.4 Å². The van der Waals surface area contributed by atoms with E-state index >= 15 is 0 Å². The first kappa shape index (κ1) is 28.0. The predicted molar refractivity (Wildman–Crippen MR) is 142 cm³/mol. The van der Waals surface area contributed by atoms with E-state index in [4.69, 9.17) is 5.11 Å². The average molecular weight is 611 g/mol. The third kappa shape index (κ3) is 5.71. The number of nitrogens with zero attached hydrogens (tertiary/aromatic N) is 6. The van der Waals surface area contributed by atoms with Gasteiger partial charge in [-0.15, -0.1) is 0 Å². The largest absolute Gasteiger partial charge is 1.00 e. The number of anilines is 1. The summed E-state index contributed by atoms with van der Waals surface area (Å²) in [6.45, 7) is 12.6. The van der Waals surface area contributed by atoms with Crippen LogP contribution in [0.3, 0.4) is 0 Å². The molecule has 9 heteroatoms. The van der Waals surface area contributed by atoms with Crippen LogP contribution in [0.4, 0.5) is 17.3 Å². The van der Waals surface area contributed by atoms with Crippen LogP contribution >= 0.6 is 0 Å². The van der Waals surface area contributed by atoms with Crippen molar-refractivity contribution in [3.8, 4) is 11.4 Å². The fraction of sp³-hybridized carbons (Fsp3) is 0.250. The minimum atomic E-state index is -0.417. The lowest BCUT2D eigenvalue weighted by atomic mass is 10.0. The zero-order valence-corrected chi connectivity index (χ0v) is 24.3. The van der Waals surface area contributed by atoms with Gasteiger partial charge in [0.05, 0.1) is 15.7 Å². The summed E-state index contributed by atoms with van der Waals surface area (Å²) in [4.78, 5) is 10.6. The summed E-state index contributed by atoms with van der Waals surface area (Å²) < 4.78 is 4.13. The van der Waals surface area contributed by atoms with Gasteiger partial charge in [-0.1, -0.05) is 35.4 Å². The average Bonchev–Trinajstić information content (AvgIpc) is 3.19. The van der Waals surface area contributed by atoms with E-state index in [2.05, 4.69) is 80.2 Å². The first-order chi connectivity index (χ1) is 17.1. The smallest absolute Gasteiger partial charge is 0.433 e. The molecule has 1 heterocycles. The minimum Gasteiger partial charge on any atom is -1.00 e. The fourth-order valence-corrected chi connectivity index (χ4v) is 4.88. The molecule has 0 saturated carbocycles. The summed E-state index contributed by atoms with van der Waals surface area (Å²) in [5, 5.41) is 21.8. The van der Waals surface area contributed by atoms with Gasteiger partial charge >= 0.3 is 5.95 Å². The topological polar surface area (TPSA) is 79.9 Å². The van der Waals surface area contributed by atoms with Crippen molar-refractivity contribution in [3.05, 3.63) is 104 Å². The molecule has 4 rings (SSSR count). The number of rotatable bonds is 6. The molecule has 0 spiro atoms. The molecule has 37 heavy (non-hydrogen) atoms. The zero-order chi connectivity index (χ0) is 26.1. The molecule has 0 atom stereocenters. The molecule has 192 valence electrons. The van der Waals surface area contributed by atoms with E-state index in [0.717, 1.165) is 33.6 Å². The standard InChI is InChI=1S/C28H31N6O2.HI/c1-18-14-20(3)26(21(4)15-18)32-12-13-33(27-22(5)16-19(2)17-23(27)6)28(32)29-30-31(7)24-8-10-25(11-9-24)34(35)36;/h8-17H,1-7H3;1H/q+1;/p-1. The van der Waals surface area contributed by atoms with E-state index < -0.39 is 4.92 Å². The fourth-order valence-electron chi connectivity index (χ4n) is 4.88. The Balaban J connectivity index is 0.00000380. The van der Waals surface area contributed by atoms with Gasteiger partial charge in [0.25, 0.3) is 5.69 Å². The molecule has 0 aliphatic rings. The van der Waals surface area contributed by atoms with E-state index in [1.165, 1.54) is 23.3 Å². The van der Waals surface area contributed by atoms with Gasteiger partial charge in [0.2, 0.25) is 0 Å². The number of hydrogen-bond acceptors (Lipinski definition) is 4. The van der Waals surface area contributed by atoms with Crippen molar-refractivity contribution in [2.75, 3.05) is 12.1 Å². The van der Waals surface area contributed by atoms with E-state index in [-0.39, 0.29) is 29.7 Å². The Morgan fingerprint density at radius 1 is 0.865 bits per heavy atom. The third-order valence-corrected chi connectivity index (χ3v) is 6.25. The molecule has 0 unspecified atom stereocenters. The molecule has 3 aromatic carbocycles. The van der Waals surface area contributed by atoms with Gasteiger partial charge in [0, 0.05) is 24.4 Å². The molecule has 1 aromatic heterocycles. The third-order valence-electron chi connectivity index (χ3n) is 6.25. The molecule has 8 nitrogen and oxygen atoms in total. The molecule has 0 aliphatic carbocycles. The van der Waals surface area contributed by atoms with E-state index in [9.17, 15) is 10.1 Å². The van der Waals surface area contributed by atoms with Crippen molar-refractivity contribution in [1.29, 1.82) is 0 Å². The number of nitro benzene ring substituents is 1. The lowest BCUT2D eigenvalue weighted by Crippen LogP contribution is -3.00. The molecule has 0 aliphatic heterocycles. The molecule has 0 bridgehead atoms. The molecule has 0 amide bonds. The SMILES string of the molecule is Cc1cc(C)c(-n2cc[n+](-c3c(C)cc(C)cc3C)c2/N=N/N(C)c2ccc([N+](=O)[O-])cc2)c(C)c1.[I-]. The van der Waals surface area contributed by atoms with Crippen LogP contribution in [0.15, 0.2) is 71.3 Å². The minimum absolute atomic E-state index is 0. The first-order valence-corrected chi connectivity index (χ1v) is 11.8. The lowest BCUT2D eigenvalue weighted by Gasteiger charge is -2.12. The highest BCUT2D eigenvalue weighted by atomic mass is 127. The van der Waals surface area contributed by atoms with Gasteiger partial charge in [0.1, 0.15) is 23.8 Å². The second-order valence-electron chi connectivity index (χ2n) is 9.32. The second-order valence-corrected chi connectivity index (χ2v) is 9.32. The molecule has 0 radical (unpaired) electrons. The number of nitro groups is 1. The Bertz CT molecular complexity index is 1370. The Morgan fingerprint density at radius 2 is 1.38 bits per heavy atom. The van der Waals surface area contributed by atoms with Crippen molar-refractivity contribution < 1.29 is 33.5 Å². The van der Waals surface area contributed by atoms with Crippen LogP contribution in [0.5, 0.6) is 0 Å². The molecule has 0 N–H and O–H groups in total. The van der Waals surface area contributed by atoms with Crippen molar-refractivity contribution >= 4 is 17.3 Å². The van der Waals surface area contributed by atoms with Gasteiger partial charge in [0.15, 0.2) is 0 Å². The van der Waals surface area contributed by atoms with Crippen LogP contribution in [0.2, 0.25) is 0 Å². The Labute approximate surface area is 234 Å². The maximum atomic E-state index is 11.0. The van der Waals surface area contributed by atoms with Crippen LogP contribution in [-0.4, -0.2) is 16.5 Å². The summed E-state index contributed by atoms with van der Waals surface area (Å²) in [5.74, 6) is 0.647. The molecule has 0 saturated heterocycles. The van der Waals surface area contributed by atoms with E-state index in [1.807, 2.05) is 12.4 Å². The summed E-state index contributed by atoms with van der Waals surface area (Å²) in [7, 11) is 1.77. The molecule has 0 fully saturated rings. The van der Waals surface area contributed by atoms with Gasteiger partial charge in [-0.25, -0.2) is 5.01 Å². The van der Waals surface area contributed by atoms with E-state index in [0.29, 0.717) is 11.6 Å². The maximum absolute atomic E-state index is 11.0. The molecular weight excluding hydrogens is 579 g/mol. The first-order valence-electron chi connectivity index (χ1n) is 11.8. The van der Waals surface area contributed by atoms with Crippen LogP contribution in [0.1, 0.15) is 33.4 Å². The zero-order valence-electron chi connectivity index (χ0n) is 22.2. The normalized spacial score (nSPS) is 11.0. The lowest BCUT2D eigenvalue weighted by molar-refractivity contribution is -0.581. The highest BCUT2D eigenvalue weighted by molar-refractivity contribution is 5.53. The highest BCUT2D eigenvalue weighted by Gasteiger charge is 2.25. The summed E-state index contributed by atoms with van der Waals surface area (Å²) >= 11 is 0. The van der Waals surface area contributed by atoms with Crippen LogP contribution in [0, 0.1) is 51.7 Å². The van der Waals surface area contributed by atoms with Crippen LogP contribution in [-0.2, 0) is 0 Å². The van der Waals surface area contributed by atoms with Gasteiger partial charge in [-0.05, 0) is 75.9 Å². The highest BCUT2D eigenvalue weighted by Crippen LogP contribution is 2.28. The van der Waals surface area contributed by atoms with Gasteiger partial charge in [-0.2, -0.15) is 9.13 Å². The monoisotopic (exact) mass is 610 g/mol. The number of benzene rings is 3.